The van der Waals surface area contributed by atoms with E-state index in [1.54, 1.807) is 0 Å². The van der Waals surface area contributed by atoms with E-state index in [9.17, 15) is 5.26 Å². The van der Waals surface area contributed by atoms with E-state index in [1.807, 2.05) is 48.5 Å². The van der Waals surface area contributed by atoms with Gasteiger partial charge >= 0.3 is 0 Å². The van der Waals surface area contributed by atoms with E-state index in [0.717, 1.165) is 50.1 Å². The highest BCUT2D eigenvalue weighted by atomic mass is 15.0. The first-order valence-corrected chi connectivity index (χ1v) is 21.2. The maximum Gasteiger partial charge on any atom is 0.164 e. The van der Waals surface area contributed by atoms with Gasteiger partial charge in [0, 0.05) is 16.7 Å². The Kier molecular flexibility index (Phi) is 9.41. The van der Waals surface area contributed by atoms with Crippen molar-refractivity contribution < 1.29 is 0 Å². The van der Waals surface area contributed by atoms with E-state index < -0.39 is 5.41 Å². The fraction of sp³-hybridized carbons (Fsp3) is 0.0169. The molecule has 0 amide bonds. The van der Waals surface area contributed by atoms with E-state index in [2.05, 4.69) is 188 Å². The largest absolute Gasteiger partial charge is 0.208 e. The molecule has 0 N–H and O–H groups in total. The zero-order chi connectivity index (χ0) is 42.2. The highest BCUT2D eigenvalue weighted by Gasteiger charge is 2.46. The Labute approximate surface area is 367 Å². The molecule has 0 aliphatic heterocycles. The molecule has 4 heteroatoms. The molecule has 0 saturated heterocycles. The summed E-state index contributed by atoms with van der Waals surface area (Å²) < 4.78 is 0. The van der Waals surface area contributed by atoms with E-state index >= 15 is 0 Å². The molecular formula is C59H38N4. The lowest BCUT2D eigenvalue weighted by molar-refractivity contribution is 0.769. The molecule has 4 nitrogen and oxygen atoms in total. The minimum absolute atomic E-state index is 0.550. The van der Waals surface area contributed by atoms with Crippen LogP contribution in [0, 0.1) is 11.3 Å². The van der Waals surface area contributed by atoms with Gasteiger partial charge in [-0.2, -0.15) is 5.26 Å². The summed E-state index contributed by atoms with van der Waals surface area (Å²) in [7, 11) is 0. The maximum absolute atomic E-state index is 9.76. The second kappa shape index (κ2) is 15.8. The van der Waals surface area contributed by atoms with E-state index in [-0.39, 0.29) is 0 Å². The second-order valence-electron chi connectivity index (χ2n) is 15.9. The molecule has 0 fully saturated rings. The summed E-state index contributed by atoms with van der Waals surface area (Å²) in [5, 5.41) is 9.76. The van der Waals surface area contributed by atoms with Crippen molar-refractivity contribution in [1.29, 1.82) is 5.26 Å². The summed E-state index contributed by atoms with van der Waals surface area (Å²) in [6.45, 7) is 0. The van der Waals surface area contributed by atoms with E-state index in [1.165, 1.54) is 33.4 Å². The highest BCUT2D eigenvalue weighted by Crippen LogP contribution is 2.58. The van der Waals surface area contributed by atoms with Crippen molar-refractivity contribution in [2.24, 2.45) is 0 Å². The Bertz CT molecular complexity index is 3260. The minimum atomic E-state index is -0.550. The summed E-state index contributed by atoms with van der Waals surface area (Å²) in [5.41, 5.74) is 16.6. The summed E-state index contributed by atoms with van der Waals surface area (Å²) in [6, 6.07) is 83.0. The van der Waals surface area contributed by atoms with Crippen molar-refractivity contribution in [3.8, 4) is 84.7 Å². The predicted molar refractivity (Wildman–Crippen MR) is 254 cm³/mol. The van der Waals surface area contributed by atoms with Crippen LogP contribution in [0.5, 0.6) is 0 Å². The van der Waals surface area contributed by atoms with Crippen LogP contribution in [-0.4, -0.2) is 15.0 Å². The van der Waals surface area contributed by atoms with Gasteiger partial charge in [0.1, 0.15) is 0 Å². The van der Waals surface area contributed by atoms with Gasteiger partial charge < -0.3 is 0 Å². The van der Waals surface area contributed by atoms with E-state index in [0.29, 0.717) is 23.0 Å². The lowest BCUT2D eigenvalue weighted by atomic mass is 9.67. The molecule has 1 aromatic heterocycles. The van der Waals surface area contributed by atoms with Crippen LogP contribution in [0.3, 0.4) is 0 Å². The average molecular weight is 803 g/mol. The van der Waals surface area contributed by atoms with Crippen LogP contribution in [0.25, 0.3) is 78.7 Å². The monoisotopic (exact) mass is 802 g/mol. The second-order valence-corrected chi connectivity index (χ2v) is 15.9. The molecule has 1 aliphatic carbocycles. The summed E-state index contributed by atoms with van der Waals surface area (Å²) in [5.74, 6) is 1.83. The van der Waals surface area contributed by atoms with Crippen LogP contribution in [0.1, 0.15) is 27.8 Å². The van der Waals surface area contributed by atoms with Crippen molar-refractivity contribution in [2.75, 3.05) is 0 Å². The minimum Gasteiger partial charge on any atom is -0.208 e. The van der Waals surface area contributed by atoms with Gasteiger partial charge in [-0.25, -0.2) is 15.0 Å². The normalized spacial score (nSPS) is 12.2. The fourth-order valence-corrected chi connectivity index (χ4v) is 9.31. The van der Waals surface area contributed by atoms with Gasteiger partial charge in [-0.15, -0.1) is 0 Å². The summed E-state index contributed by atoms with van der Waals surface area (Å²) >= 11 is 0. The molecule has 0 saturated carbocycles. The van der Waals surface area contributed by atoms with Crippen LogP contribution in [0.2, 0.25) is 0 Å². The summed E-state index contributed by atoms with van der Waals surface area (Å²) in [4.78, 5) is 15.2. The molecule has 0 unspecified atom stereocenters. The molecule has 0 atom stereocenters. The van der Waals surface area contributed by atoms with Crippen LogP contribution >= 0.6 is 0 Å². The molecule has 10 aromatic rings. The van der Waals surface area contributed by atoms with E-state index in [4.69, 9.17) is 15.0 Å². The Morgan fingerprint density at radius 1 is 0.302 bits per heavy atom. The van der Waals surface area contributed by atoms with Gasteiger partial charge in [0.05, 0.1) is 17.0 Å². The zero-order valence-corrected chi connectivity index (χ0v) is 34.2. The standard InChI is InChI=1S/C59H38N4/c60-39-40-28-30-42(31-29-40)52-38-55-53(50-26-13-14-27-54(50)59(55,48-22-9-3-10-23-48)49-24-11-4-12-25-49)37-51(52)43-32-34-45(35-33-43)57-61-56(44-18-7-2-8-19-44)62-58(63-57)47-21-15-20-46(36-47)41-16-5-1-6-17-41/h1-38H. The molecule has 11 rings (SSSR count). The number of aromatic nitrogens is 3. The maximum atomic E-state index is 9.76. The number of fused-ring (bicyclic) bond motifs is 3. The first-order chi connectivity index (χ1) is 31.2. The van der Waals surface area contributed by atoms with Gasteiger partial charge in [0.15, 0.2) is 17.5 Å². The third-order valence-corrected chi connectivity index (χ3v) is 12.3. The Morgan fingerprint density at radius 3 is 1.35 bits per heavy atom. The Hall–Kier alpha value is -8.52. The number of hydrogen-bond donors (Lipinski definition) is 0. The van der Waals surface area contributed by atoms with Crippen molar-refractivity contribution >= 4 is 0 Å². The molecule has 0 bridgehead atoms. The first-order valence-electron chi connectivity index (χ1n) is 21.2. The first kappa shape index (κ1) is 37.5. The SMILES string of the molecule is N#Cc1ccc(-c2cc3c(cc2-c2ccc(-c4nc(-c5ccccc5)nc(-c5cccc(-c6ccccc6)c5)n4)cc2)-c2ccccc2C3(c2ccccc2)c2ccccc2)cc1. The van der Waals surface area contributed by atoms with Crippen LogP contribution < -0.4 is 0 Å². The van der Waals surface area contributed by atoms with Crippen molar-refractivity contribution in [2.45, 2.75) is 5.41 Å². The number of hydrogen-bond acceptors (Lipinski definition) is 4. The molecule has 63 heavy (non-hydrogen) atoms. The van der Waals surface area contributed by atoms with Crippen molar-refractivity contribution in [1.82, 2.24) is 15.0 Å². The third kappa shape index (κ3) is 6.61. The number of rotatable bonds is 8. The quantitative estimate of drug-likeness (QED) is 0.153. The topological polar surface area (TPSA) is 62.5 Å². The number of benzene rings is 9. The molecule has 0 radical (unpaired) electrons. The number of nitriles is 1. The third-order valence-electron chi connectivity index (χ3n) is 12.3. The lowest BCUT2D eigenvalue weighted by Gasteiger charge is -2.34. The molecule has 0 spiro atoms. The molecule has 9 aromatic carbocycles. The lowest BCUT2D eigenvalue weighted by Crippen LogP contribution is -2.28. The van der Waals surface area contributed by atoms with Crippen molar-refractivity contribution in [3.05, 3.63) is 258 Å². The van der Waals surface area contributed by atoms with Gasteiger partial charge in [0.2, 0.25) is 0 Å². The van der Waals surface area contributed by atoms with Crippen LogP contribution in [0.4, 0.5) is 0 Å². The fourth-order valence-electron chi connectivity index (χ4n) is 9.31. The van der Waals surface area contributed by atoms with Crippen LogP contribution in [0.15, 0.2) is 231 Å². The zero-order valence-electron chi connectivity index (χ0n) is 34.2. The molecule has 294 valence electrons. The Balaban J connectivity index is 1.08. The highest BCUT2D eigenvalue weighted by molar-refractivity contribution is 5.95. The van der Waals surface area contributed by atoms with Gasteiger partial charge in [-0.05, 0) is 97.1 Å². The molecule has 1 aliphatic rings. The smallest absolute Gasteiger partial charge is 0.164 e. The van der Waals surface area contributed by atoms with Gasteiger partial charge in [0.25, 0.3) is 0 Å². The predicted octanol–water partition coefficient (Wildman–Crippen LogP) is 14.1. The van der Waals surface area contributed by atoms with Gasteiger partial charge in [-0.1, -0.05) is 200 Å². The van der Waals surface area contributed by atoms with Crippen molar-refractivity contribution in [3.63, 3.8) is 0 Å². The van der Waals surface area contributed by atoms with Crippen LogP contribution in [-0.2, 0) is 5.41 Å². The molecule has 1 heterocycles. The average Bonchev–Trinajstić information content (AvgIpc) is 3.67. The molecular weight excluding hydrogens is 765 g/mol. The van der Waals surface area contributed by atoms with Gasteiger partial charge in [-0.3, -0.25) is 0 Å². The Morgan fingerprint density at radius 2 is 0.746 bits per heavy atom. The summed E-state index contributed by atoms with van der Waals surface area (Å²) in [6.07, 6.45) is 0. The number of nitrogens with zero attached hydrogens (tertiary/aromatic N) is 4.